The largest absolute Gasteiger partial charge is 0.324 e. The average molecular weight is 343 g/mol. The summed E-state index contributed by atoms with van der Waals surface area (Å²) >= 11 is 7.42. The van der Waals surface area contributed by atoms with Crippen LogP contribution in [0.4, 0.5) is 5.69 Å². The quantitative estimate of drug-likeness (QED) is 0.726. The smallest absolute Gasteiger partial charge is 0.234 e. The van der Waals surface area contributed by atoms with Crippen molar-refractivity contribution >= 4 is 45.9 Å². The van der Waals surface area contributed by atoms with E-state index in [0.717, 1.165) is 32.9 Å². The van der Waals surface area contributed by atoms with Gasteiger partial charge in [-0.05, 0) is 29.8 Å². The minimum atomic E-state index is -0.0268. The van der Waals surface area contributed by atoms with Gasteiger partial charge in [0, 0.05) is 16.2 Å². The van der Waals surface area contributed by atoms with Gasteiger partial charge in [0.05, 0.1) is 23.2 Å². The van der Waals surface area contributed by atoms with Crippen LogP contribution in [0.25, 0.3) is 10.9 Å². The Bertz CT molecular complexity index is 821. The predicted octanol–water partition coefficient (Wildman–Crippen LogP) is 4.76. The van der Waals surface area contributed by atoms with Crippen molar-refractivity contribution < 1.29 is 4.79 Å². The van der Waals surface area contributed by atoms with Crippen LogP contribution in [-0.2, 0) is 10.5 Å². The van der Waals surface area contributed by atoms with Gasteiger partial charge in [-0.1, -0.05) is 41.9 Å². The SMILES string of the molecule is O=C(CSCc1ccc(Cl)cc1)Nc1cnc2ccccc2c1. The molecule has 0 aliphatic heterocycles. The van der Waals surface area contributed by atoms with Crippen molar-refractivity contribution in [1.29, 1.82) is 0 Å². The fraction of sp³-hybridized carbons (Fsp3) is 0.111. The second-order valence-corrected chi connectivity index (χ2v) is 6.51. The van der Waals surface area contributed by atoms with Gasteiger partial charge in [0.15, 0.2) is 0 Å². The van der Waals surface area contributed by atoms with Crippen LogP contribution in [-0.4, -0.2) is 16.6 Å². The van der Waals surface area contributed by atoms with E-state index in [2.05, 4.69) is 10.3 Å². The highest BCUT2D eigenvalue weighted by molar-refractivity contribution is 7.99. The molecule has 0 aliphatic carbocycles. The van der Waals surface area contributed by atoms with Gasteiger partial charge in [0.25, 0.3) is 0 Å². The first-order valence-electron chi connectivity index (χ1n) is 7.17. The lowest BCUT2D eigenvalue weighted by Gasteiger charge is -2.06. The fourth-order valence-corrected chi connectivity index (χ4v) is 3.09. The third kappa shape index (κ3) is 4.47. The highest BCUT2D eigenvalue weighted by atomic mass is 35.5. The first-order chi connectivity index (χ1) is 11.2. The van der Waals surface area contributed by atoms with Crippen molar-refractivity contribution in [3.63, 3.8) is 0 Å². The van der Waals surface area contributed by atoms with Crippen molar-refractivity contribution in [3.8, 4) is 0 Å². The maximum atomic E-state index is 12.0. The van der Waals surface area contributed by atoms with Crippen LogP contribution < -0.4 is 5.32 Å². The zero-order valence-electron chi connectivity index (χ0n) is 12.3. The van der Waals surface area contributed by atoms with E-state index in [9.17, 15) is 4.79 Å². The molecule has 1 amide bonds. The third-order valence-electron chi connectivity index (χ3n) is 3.29. The van der Waals surface area contributed by atoms with E-state index in [4.69, 9.17) is 11.6 Å². The van der Waals surface area contributed by atoms with Gasteiger partial charge in [0.2, 0.25) is 5.91 Å². The molecule has 3 aromatic rings. The summed E-state index contributed by atoms with van der Waals surface area (Å²) in [5.41, 5.74) is 2.79. The molecular weight excluding hydrogens is 328 g/mol. The Kier molecular flexibility index (Phi) is 5.16. The first-order valence-corrected chi connectivity index (χ1v) is 8.71. The van der Waals surface area contributed by atoms with Gasteiger partial charge < -0.3 is 5.32 Å². The monoisotopic (exact) mass is 342 g/mol. The van der Waals surface area contributed by atoms with Crippen molar-refractivity contribution in [3.05, 3.63) is 71.4 Å². The van der Waals surface area contributed by atoms with E-state index in [1.807, 2.05) is 54.6 Å². The molecule has 0 unspecified atom stereocenters. The zero-order valence-corrected chi connectivity index (χ0v) is 13.9. The predicted molar refractivity (Wildman–Crippen MR) is 98.0 cm³/mol. The number of hydrogen-bond donors (Lipinski definition) is 1. The summed E-state index contributed by atoms with van der Waals surface area (Å²) in [6.45, 7) is 0. The van der Waals surface area contributed by atoms with E-state index in [-0.39, 0.29) is 5.91 Å². The van der Waals surface area contributed by atoms with E-state index in [1.54, 1.807) is 18.0 Å². The van der Waals surface area contributed by atoms with E-state index in [1.165, 1.54) is 0 Å². The van der Waals surface area contributed by atoms with Crippen molar-refractivity contribution in [1.82, 2.24) is 4.98 Å². The summed E-state index contributed by atoms with van der Waals surface area (Å²) in [4.78, 5) is 16.3. The van der Waals surface area contributed by atoms with E-state index in [0.29, 0.717) is 5.75 Å². The molecule has 1 heterocycles. The third-order valence-corrected chi connectivity index (χ3v) is 4.55. The van der Waals surface area contributed by atoms with Crippen molar-refractivity contribution in [2.45, 2.75) is 5.75 Å². The molecule has 2 aromatic carbocycles. The van der Waals surface area contributed by atoms with E-state index >= 15 is 0 Å². The van der Waals surface area contributed by atoms with Gasteiger partial charge in [0.1, 0.15) is 0 Å². The molecule has 1 N–H and O–H groups in total. The maximum Gasteiger partial charge on any atom is 0.234 e. The lowest BCUT2D eigenvalue weighted by molar-refractivity contribution is -0.113. The summed E-state index contributed by atoms with van der Waals surface area (Å²) in [5.74, 6) is 1.15. The molecule has 0 saturated carbocycles. The molecule has 23 heavy (non-hydrogen) atoms. The van der Waals surface area contributed by atoms with Gasteiger partial charge in [-0.15, -0.1) is 11.8 Å². The summed E-state index contributed by atoms with van der Waals surface area (Å²) in [5, 5.41) is 4.62. The Balaban J connectivity index is 1.53. The molecule has 0 atom stereocenters. The molecule has 3 nitrogen and oxygen atoms in total. The Morgan fingerprint density at radius 1 is 1.13 bits per heavy atom. The van der Waals surface area contributed by atoms with Gasteiger partial charge in [-0.2, -0.15) is 0 Å². The standard InChI is InChI=1S/C18H15ClN2OS/c19-15-7-5-13(6-8-15)11-23-12-18(22)21-16-9-14-3-1-2-4-17(14)20-10-16/h1-10H,11-12H2,(H,21,22). The van der Waals surface area contributed by atoms with Crippen molar-refractivity contribution in [2.24, 2.45) is 0 Å². The first kappa shape index (κ1) is 15.8. The number of hydrogen-bond acceptors (Lipinski definition) is 3. The zero-order chi connectivity index (χ0) is 16.1. The number of aromatic nitrogens is 1. The number of carbonyl (C=O) groups is 1. The van der Waals surface area contributed by atoms with Gasteiger partial charge >= 0.3 is 0 Å². The molecule has 0 spiro atoms. The number of rotatable bonds is 5. The molecule has 0 bridgehead atoms. The maximum absolute atomic E-state index is 12.0. The number of amides is 1. The molecule has 5 heteroatoms. The normalized spacial score (nSPS) is 10.7. The number of carbonyl (C=O) groups excluding carboxylic acids is 1. The number of fused-ring (bicyclic) bond motifs is 1. The molecule has 0 fully saturated rings. The Morgan fingerprint density at radius 3 is 2.74 bits per heavy atom. The Hall–Kier alpha value is -2.04. The Labute approximate surface area is 144 Å². The minimum absolute atomic E-state index is 0.0268. The van der Waals surface area contributed by atoms with Crippen LogP contribution in [0.2, 0.25) is 5.02 Å². The summed E-state index contributed by atoms with van der Waals surface area (Å²) < 4.78 is 0. The highest BCUT2D eigenvalue weighted by Crippen LogP contribution is 2.18. The number of para-hydroxylation sites is 1. The van der Waals surface area contributed by atoms with Crippen LogP contribution >= 0.6 is 23.4 Å². The van der Waals surface area contributed by atoms with Crippen LogP contribution in [0.3, 0.4) is 0 Å². The highest BCUT2D eigenvalue weighted by Gasteiger charge is 2.04. The van der Waals surface area contributed by atoms with Crippen LogP contribution in [0.1, 0.15) is 5.56 Å². The molecule has 0 radical (unpaired) electrons. The molecule has 1 aromatic heterocycles. The number of pyridine rings is 1. The average Bonchev–Trinajstić information content (AvgIpc) is 2.56. The number of thioether (sulfide) groups is 1. The molecule has 116 valence electrons. The summed E-state index contributed by atoms with van der Waals surface area (Å²) in [6, 6.07) is 17.4. The Morgan fingerprint density at radius 2 is 1.91 bits per heavy atom. The second-order valence-electron chi connectivity index (χ2n) is 5.08. The number of nitrogens with zero attached hydrogens (tertiary/aromatic N) is 1. The van der Waals surface area contributed by atoms with Crippen LogP contribution in [0.15, 0.2) is 60.8 Å². The topological polar surface area (TPSA) is 42.0 Å². The number of benzene rings is 2. The van der Waals surface area contributed by atoms with Gasteiger partial charge in [-0.3, -0.25) is 9.78 Å². The number of anilines is 1. The summed E-state index contributed by atoms with van der Waals surface area (Å²) in [7, 11) is 0. The van der Waals surface area contributed by atoms with Crippen LogP contribution in [0, 0.1) is 0 Å². The molecule has 0 aliphatic rings. The van der Waals surface area contributed by atoms with Gasteiger partial charge in [-0.25, -0.2) is 0 Å². The second kappa shape index (κ2) is 7.49. The minimum Gasteiger partial charge on any atom is -0.324 e. The fourth-order valence-electron chi connectivity index (χ4n) is 2.18. The lowest BCUT2D eigenvalue weighted by atomic mass is 10.2. The molecule has 3 rings (SSSR count). The lowest BCUT2D eigenvalue weighted by Crippen LogP contribution is -2.14. The molecule has 0 saturated heterocycles. The number of nitrogens with one attached hydrogen (secondary N) is 1. The summed E-state index contributed by atoms with van der Waals surface area (Å²) in [6.07, 6.45) is 1.68. The van der Waals surface area contributed by atoms with Crippen LogP contribution in [0.5, 0.6) is 0 Å². The molecular formula is C18H15ClN2OS. The number of halogens is 1. The van der Waals surface area contributed by atoms with Crippen molar-refractivity contribution in [2.75, 3.05) is 11.1 Å². The van der Waals surface area contributed by atoms with E-state index < -0.39 is 0 Å².